The van der Waals surface area contributed by atoms with Crippen molar-refractivity contribution in [1.82, 2.24) is 9.88 Å². The molecular formula is C26H21F3N2O2. The number of aryl methyl sites for hydroxylation is 1. The highest BCUT2D eigenvalue weighted by Crippen LogP contribution is 2.35. The third kappa shape index (κ3) is 4.11. The van der Waals surface area contributed by atoms with Crippen LogP contribution >= 0.6 is 0 Å². The maximum absolute atomic E-state index is 13.3. The molecule has 0 spiro atoms. The zero-order valence-corrected chi connectivity index (χ0v) is 17.9. The molecule has 0 bridgehead atoms. The van der Waals surface area contributed by atoms with Gasteiger partial charge in [0.15, 0.2) is 0 Å². The third-order valence-electron chi connectivity index (χ3n) is 6.00. The maximum atomic E-state index is 13.3. The van der Waals surface area contributed by atoms with Crippen LogP contribution < -0.4 is 0 Å². The van der Waals surface area contributed by atoms with Gasteiger partial charge in [-0.25, -0.2) is 0 Å². The third-order valence-corrected chi connectivity index (χ3v) is 6.00. The number of hydrogen-bond donors (Lipinski definition) is 0. The van der Waals surface area contributed by atoms with Gasteiger partial charge in [-0.1, -0.05) is 18.2 Å². The van der Waals surface area contributed by atoms with E-state index in [0.717, 1.165) is 41.7 Å². The lowest BCUT2D eigenvalue weighted by Crippen LogP contribution is -2.31. The summed E-state index contributed by atoms with van der Waals surface area (Å²) in [5.74, 6) is 0.689. The molecule has 1 aliphatic heterocycles. The van der Waals surface area contributed by atoms with E-state index in [9.17, 15) is 18.0 Å². The standard InChI is InChI=1S/C26H21F3N2O2/c1-16-13-19-14-18(10-11-24(19)33-16)25(32)31-12-4-9-23(31)22-8-3-7-21(30-22)17-5-2-6-20(15-17)26(27,28)29/h2-3,5-8,10-11,13-15,23H,4,9,12H2,1H3/t23-/m1/s1. The van der Waals surface area contributed by atoms with Gasteiger partial charge in [-0.2, -0.15) is 13.2 Å². The molecule has 7 heteroatoms. The fraction of sp³-hybridized carbons (Fsp3) is 0.231. The predicted octanol–water partition coefficient (Wildman–Crippen LogP) is 6.80. The highest BCUT2D eigenvalue weighted by molar-refractivity contribution is 5.98. The van der Waals surface area contributed by atoms with Crippen LogP contribution in [0, 0.1) is 6.92 Å². The molecule has 1 amide bonds. The summed E-state index contributed by atoms with van der Waals surface area (Å²) in [4.78, 5) is 19.8. The number of hydrogen-bond acceptors (Lipinski definition) is 3. The van der Waals surface area contributed by atoms with Gasteiger partial charge in [0.2, 0.25) is 0 Å². The van der Waals surface area contributed by atoms with Gasteiger partial charge >= 0.3 is 6.18 Å². The van der Waals surface area contributed by atoms with Crippen LogP contribution in [-0.4, -0.2) is 22.3 Å². The number of alkyl halides is 3. The summed E-state index contributed by atoms with van der Waals surface area (Å²) in [7, 11) is 0. The summed E-state index contributed by atoms with van der Waals surface area (Å²) in [6, 6.07) is 17.5. The Morgan fingerprint density at radius 1 is 1.06 bits per heavy atom. The molecule has 1 atom stereocenters. The molecule has 4 nitrogen and oxygen atoms in total. The van der Waals surface area contributed by atoms with E-state index >= 15 is 0 Å². The molecule has 168 valence electrons. The van der Waals surface area contributed by atoms with E-state index in [4.69, 9.17) is 4.42 Å². The van der Waals surface area contributed by atoms with Crippen molar-refractivity contribution in [2.24, 2.45) is 0 Å². The first kappa shape index (κ1) is 21.2. The van der Waals surface area contributed by atoms with E-state index in [0.29, 0.717) is 29.1 Å². The minimum absolute atomic E-state index is 0.0930. The lowest BCUT2D eigenvalue weighted by atomic mass is 10.0. The monoisotopic (exact) mass is 450 g/mol. The molecule has 0 radical (unpaired) electrons. The second-order valence-electron chi connectivity index (χ2n) is 8.29. The van der Waals surface area contributed by atoms with Crippen LogP contribution in [0.1, 0.15) is 46.3 Å². The van der Waals surface area contributed by atoms with Crippen LogP contribution in [0.15, 0.2) is 71.1 Å². The van der Waals surface area contributed by atoms with Gasteiger partial charge in [-0.15, -0.1) is 0 Å². The Balaban J connectivity index is 1.45. The Labute approximate surface area is 188 Å². The highest BCUT2D eigenvalue weighted by Gasteiger charge is 2.33. The average Bonchev–Trinajstić information content (AvgIpc) is 3.43. The molecule has 1 saturated heterocycles. The zero-order chi connectivity index (χ0) is 23.2. The SMILES string of the molecule is Cc1cc2cc(C(=O)N3CCC[C@@H]3c3cccc(-c4cccc(C(F)(F)F)c4)n3)ccc2o1. The molecule has 0 unspecified atom stereocenters. The van der Waals surface area contributed by atoms with Crippen LogP contribution in [0.25, 0.3) is 22.2 Å². The van der Waals surface area contributed by atoms with Crippen molar-refractivity contribution < 1.29 is 22.4 Å². The van der Waals surface area contributed by atoms with Crippen molar-refractivity contribution in [3.05, 3.63) is 89.3 Å². The Kier molecular flexibility index (Phi) is 5.19. The van der Waals surface area contributed by atoms with Crippen LogP contribution in [0.2, 0.25) is 0 Å². The summed E-state index contributed by atoms with van der Waals surface area (Å²) < 4.78 is 45.0. The Morgan fingerprint density at radius 2 is 1.88 bits per heavy atom. The number of carbonyl (C=O) groups is 1. The summed E-state index contributed by atoms with van der Waals surface area (Å²) >= 11 is 0. The van der Waals surface area contributed by atoms with Gasteiger partial charge in [-0.3, -0.25) is 9.78 Å². The van der Waals surface area contributed by atoms with Gasteiger partial charge < -0.3 is 9.32 Å². The molecule has 0 aliphatic carbocycles. The molecule has 3 heterocycles. The number of carbonyl (C=O) groups excluding carboxylic acids is 1. The first-order valence-electron chi connectivity index (χ1n) is 10.8. The van der Waals surface area contributed by atoms with E-state index in [1.807, 2.05) is 25.1 Å². The first-order valence-corrected chi connectivity index (χ1v) is 10.8. The van der Waals surface area contributed by atoms with Gasteiger partial charge in [0.1, 0.15) is 11.3 Å². The summed E-state index contributed by atoms with van der Waals surface area (Å²) in [5.41, 5.74) is 2.11. The first-order chi connectivity index (χ1) is 15.8. The number of rotatable bonds is 3. The number of benzene rings is 2. The van der Waals surface area contributed by atoms with Gasteiger partial charge in [0.25, 0.3) is 5.91 Å². The van der Waals surface area contributed by atoms with Crippen molar-refractivity contribution >= 4 is 16.9 Å². The fourth-order valence-corrected chi connectivity index (χ4v) is 4.44. The minimum Gasteiger partial charge on any atom is -0.461 e. The van der Waals surface area contributed by atoms with Crippen molar-refractivity contribution in [3.63, 3.8) is 0 Å². The van der Waals surface area contributed by atoms with E-state index < -0.39 is 11.7 Å². The number of pyridine rings is 1. The number of nitrogens with zero attached hydrogens (tertiary/aromatic N) is 2. The topological polar surface area (TPSA) is 46.3 Å². The van der Waals surface area contributed by atoms with E-state index in [1.165, 1.54) is 6.07 Å². The molecule has 2 aromatic heterocycles. The molecule has 1 aliphatic rings. The highest BCUT2D eigenvalue weighted by atomic mass is 19.4. The molecule has 1 fully saturated rings. The van der Waals surface area contributed by atoms with Crippen LogP contribution in [-0.2, 0) is 6.18 Å². The second-order valence-corrected chi connectivity index (χ2v) is 8.29. The lowest BCUT2D eigenvalue weighted by molar-refractivity contribution is -0.137. The number of fused-ring (bicyclic) bond motifs is 1. The molecule has 2 aromatic carbocycles. The Bertz CT molecular complexity index is 1340. The van der Waals surface area contributed by atoms with E-state index in [2.05, 4.69) is 4.98 Å². The summed E-state index contributed by atoms with van der Waals surface area (Å²) in [6.45, 7) is 2.46. The number of aromatic nitrogens is 1. The van der Waals surface area contributed by atoms with Crippen molar-refractivity contribution in [3.8, 4) is 11.3 Å². The normalized spacial score (nSPS) is 16.5. The van der Waals surface area contributed by atoms with Gasteiger partial charge in [0, 0.05) is 23.1 Å². The second kappa shape index (κ2) is 8.06. The molecule has 0 N–H and O–H groups in total. The van der Waals surface area contributed by atoms with Crippen LogP contribution in [0.3, 0.4) is 0 Å². The Morgan fingerprint density at radius 3 is 2.70 bits per heavy atom. The quantitative estimate of drug-likeness (QED) is 0.345. The largest absolute Gasteiger partial charge is 0.461 e. The maximum Gasteiger partial charge on any atom is 0.416 e. The summed E-state index contributed by atoms with van der Waals surface area (Å²) in [5, 5.41) is 0.874. The molecule has 5 rings (SSSR count). The number of halogens is 3. The predicted molar refractivity (Wildman–Crippen MR) is 119 cm³/mol. The number of likely N-dealkylation sites (tertiary alicyclic amines) is 1. The van der Waals surface area contributed by atoms with Gasteiger partial charge in [-0.05, 0) is 68.3 Å². The molecule has 4 aromatic rings. The van der Waals surface area contributed by atoms with Gasteiger partial charge in [0.05, 0.1) is 23.0 Å². The van der Waals surface area contributed by atoms with Crippen molar-refractivity contribution in [1.29, 1.82) is 0 Å². The Hall–Kier alpha value is -3.61. The number of furan rings is 1. The summed E-state index contributed by atoms with van der Waals surface area (Å²) in [6.07, 6.45) is -2.84. The minimum atomic E-state index is -4.42. The van der Waals surface area contributed by atoms with Crippen LogP contribution in [0.5, 0.6) is 0 Å². The zero-order valence-electron chi connectivity index (χ0n) is 17.9. The molecule has 33 heavy (non-hydrogen) atoms. The van der Waals surface area contributed by atoms with E-state index in [-0.39, 0.29) is 11.9 Å². The lowest BCUT2D eigenvalue weighted by Gasteiger charge is -2.25. The number of amides is 1. The average molecular weight is 450 g/mol. The smallest absolute Gasteiger partial charge is 0.416 e. The fourth-order valence-electron chi connectivity index (χ4n) is 4.44. The molecule has 0 saturated carbocycles. The van der Waals surface area contributed by atoms with Crippen molar-refractivity contribution in [2.45, 2.75) is 32.0 Å². The van der Waals surface area contributed by atoms with Crippen molar-refractivity contribution in [2.75, 3.05) is 6.54 Å². The van der Waals surface area contributed by atoms with Crippen LogP contribution in [0.4, 0.5) is 13.2 Å². The molecular weight excluding hydrogens is 429 g/mol. The van der Waals surface area contributed by atoms with E-state index in [1.54, 1.807) is 35.2 Å².